The van der Waals surface area contributed by atoms with E-state index in [1.54, 1.807) is 0 Å². The van der Waals surface area contributed by atoms with E-state index in [-0.39, 0.29) is 33.7 Å². The average molecular weight is 343 g/mol. The van der Waals surface area contributed by atoms with Crippen molar-refractivity contribution in [3.05, 3.63) is 38.3 Å². The Morgan fingerprint density at radius 3 is 2.75 bits per heavy atom. The third-order valence-electron chi connectivity index (χ3n) is 3.64. The van der Waals surface area contributed by atoms with Crippen LogP contribution in [0.4, 0.5) is 5.69 Å². The van der Waals surface area contributed by atoms with Gasteiger partial charge in [0.1, 0.15) is 4.47 Å². The van der Waals surface area contributed by atoms with Crippen LogP contribution in [0.1, 0.15) is 29.6 Å². The minimum absolute atomic E-state index is 0.0115. The fourth-order valence-electron chi connectivity index (χ4n) is 2.13. The summed E-state index contributed by atoms with van der Waals surface area (Å²) < 4.78 is 0.189. The number of nitrogens with zero attached hydrogens (tertiary/aromatic N) is 1. The van der Waals surface area contributed by atoms with Gasteiger partial charge in [0.2, 0.25) is 0 Å². The van der Waals surface area contributed by atoms with Crippen molar-refractivity contribution in [1.82, 2.24) is 5.32 Å². The van der Waals surface area contributed by atoms with E-state index in [0.29, 0.717) is 13.0 Å². The maximum Gasteiger partial charge on any atom is 0.284 e. The monoisotopic (exact) mass is 342 g/mol. The van der Waals surface area contributed by atoms with E-state index in [4.69, 9.17) is 5.11 Å². The highest BCUT2D eigenvalue weighted by Crippen LogP contribution is 2.47. The third-order valence-corrected chi connectivity index (χ3v) is 4.48. The number of hydrogen-bond donors (Lipinski definition) is 2. The van der Waals surface area contributed by atoms with Crippen molar-refractivity contribution < 1.29 is 14.8 Å². The van der Waals surface area contributed by atoms with E-state index >= 15 is 0 Å². The van der Waals surface area contributed by atoms with Gasteiger partial charge in [-0.15, -0.1) is 0 Å². The Kier molecular flexibility index (Phi) is 4.39. The largest absolute Gasteiger partial charge is 0.396 e. The Hall–Kier alpha value is -1.47. The molecule has 1 saturated carbocycles. The molecule has 1 amide bonds. The zero-order valence-corrected chi connectivity index (χ0v) is 12.4. The first kappa shape index (κ1) is 14.9. The van der Waals surface area contributed by atoms with Gasteiger partial charge in [-0.2, -0.15) is 0 Å². The summed E-state index contributed by atoms with van der Waals surface area (Å²) in [5.74, 6) is -0.343. The molecule has 108 valence electrons. The predicted molar refractivity (Wildman–Crippen MR) is 76.5 cm³/mol. The number of benzene rings is 1. The second-order valence-corrected chi connectivity index (χ2v) is 5.85. The van der Waals surface area contributed by atoms with Crippen LogP contribution in [0.2, 0.25) is 0 Å². The van der Waals surface area contributed by atoms with E-state index in [1.807, 2.05) is 0 Å². The third kappa shape index (κ3) is 3.16. The SMILES string of the molecule is O=C(NCC1(CCO)CC1)c1cccc([N+](=O)[O-])c1Br. The molecule has 0 spiro atoms. The molecule has 1 aliphatic rings. The molecule has 0 heterocycles. The number of amides is 1. The van der Waals surface area contributed by atoms with Gasteiger partial charge in [-0.3, -0.25) is 14.9 Å². The quantitative estimate of drug-likeness (QED) is 0.612. The first-order chi connectivity index (χ1) is 9.49. The molecule has 20 heavy (non-hydrogen) atoms. The highest BCUT2D eigenvalue weighted by atomic mass is 79.9. The van der Waals surface area contributed by atoms with Gasteiger partial charge in [-0.05, 0) is 46.7 Å². The maximum atomic E-state index is 12.1. The lowest BCUT2D eigenvalue weighted by Gasteiger charge is -2.14. The van der Waals surface area contributed by atoms with Crippen LogP contribution in [0, 0.1) is 15.5 Å². The van der Waals surface area contributed by atoms with Crippen molar-refractivity contribution in [2.75, 3.05) is 13.2 Å². The Balaban J connectivity index is 2.06. The van der Waals surface area contributed by atoms with E-state index in [9.17, 15) is 14.9 Å². The van der Waals surface area contributed by atoms with Crippen molar-refractivity contribution in [3.63, 3.8) is 0 Å². The fourth-order valence-corrected chi connectivity index (χ4v) is 2.72. The second-order valence-electron chi connectivity index (χ2n) is 5.05. The Morgan fingerprint density at radius 1 is 1.50 bits per heavy atom. The predicted octanol–water partition coefficient (Wildman–Crippen LogP) is 2.25. The lowest BCUT2D eigenvalue weighted by Crippen LogP contribution is -2.31. The normalized spacial score (nSPS) is 15.7. The van der Waals surface area contributed by atoms with Crippen molar-refractivity contribution in [1.29, 1.82) is 0 Å². The topological polar surface area (TPSA) is 92.5 Å². The first-order valence-electron chi connectivity index (χ1n) is 6.31. The summed E-state index contributed by atoms with van der Waals surface area (Å²) in [5, 5.41) is 22.6. The molecule has 1 aromatic carbocycles. The smallest absolute Gasteiger partial charge is 0.284 e. The summed E-state index contributed by atoms with van der Waals surface area (Å²) in [6.07, 6.45) is 2.65. The van der Waals surface area contributed by atoms with Crippen molar-refractivity contribution in [2.45, 2.75) is 19.3 Å². The van der Waals surface area contributed by atoms with Crippen LogP contribution in [0.3, 0.4) is 0 Å². The molecular weight excluding hydrogens is 328 g/mol. The molecule has 1 fully saturated rings. The Morgan fingerprint density at radius 2 is 2.20 bits per heavy atom. The van der Waals surface area contributed by atoms with Gasteiger partial charge in [0, 0.05) is 19.2 Å². The zero-order valence-electron chi connectivity index (χ0n) is 10.8. The molecule has 0 atom stereocenters. The summed E-state index contributed by atoms with van der Waals surface area (Å²) in [6.45, 7) is 0.595. The second kappa shape index (κ2) is 5.88. The number of hydrogen-bond acceptors (Lipinski definition) is 4. The molecule has 1 aromatic rings. The van der Waals surface area contributed by atoms with Crippen LogP contribution in [0.15, 0.2) is 22.7 Å². The van der Waals surface area contributed by atoms with E-state index in [2.05, 4.69) is 21.2 Å². The van der Waals surface area contributed by atoms with Crippen LogP contribution in [0.5, 0.6) is 0 Å². The zero-order chi connectivity index (χ0) is 14.8. The van der Waals surface area contributed by atoms with Crippen molar-refractivity contribution >= 4 is 27.5 Å². The number of aliphatic hydroxyl groups is 1. The molecule has 0 bridgehead atoms. The highest BCUT2D eigenvalue weighted by Gasteiger charge is 2.42. The Labute approximate surface area is 124 Å². The van der Waals surface area contributed by atoms with Crippen molar-refractivity contribution in [3.8, 4) is 0 Å². The summed E-state index contributed by atoms with van der Waals surface area (Å²) in [6, 6.07) is 4.37. The van der Waals surface area contributed by atoms with Gasteiger partial charge in [0.25, 0.3) is 11.6 Å². The lowest BCUT2D eigenvalue weighted by atomic mass is 10.0. The van der Waals surface area contributed by atoms with Crippen LogP contribution < -0.4 is 5.32 Å². The number of halogens is 1. The minimum Gasteiger partial charge on any atom is -0.396 e. The number of carbonyl (C=O) groups excluding carboxylic acids is 1. The molecule has 0 aromatic heterocycles. The van der Waals surface area contributed by atoms with Gasteiger partial charge in [0.05, 0.1) is 10.5 Å². The van der Waals surface area contributed by atoms with Crippen LogP contribution >= 0.6 is 15.9 Å². The number of carbonyl (C=O) groups is 1. The fraction of sp³-hybridized carbons (Fsp3) is 0.462. The van der Waals surface area contributed by atoms with Gasteiger partial charge >= 0.3 is 0 Å². The molecule has 6 nitrogen and oxygen atoms in total. The number of rotatable bonds is 6. The molecule has 0 saturated heterocycles. The summed E-state index contributed by atoms with van der Waals surface area (Å²) in [7, 11) is 0. The van der Waals surface area contributed by atoms with Crippen LogP contribution in [0.25, 0.3) is 0 Å². The summed E-state index contributed by atoms with van der Waals surface area (Å²) in [5.41, 5.74) is 0.130. The summed E-state index contributed by atoms with van der Waals surface area (Å²) >= 11 is 3.11. The number of nitro benzene ring substituents is 1. The molecular formula is C13H15BrN2O4. The Bertz CT molecular complexity index is 543. The molecule has 0 unspecified atom stereocenters. The molecule has 0 radical (unpaired) electrons. The van der Waals surface area contributed by atoms with Crippen LogP contribution in [-0.4, -0.2) is 29.1 Å². The van der Waals surface area contributed by atoms with Crippen LogP contribution in [-0.2, 0) is 0 Å². The minimum atomic E-state index is -0.533. The molecule has 2 rings (SSSR count). The number of nitrogens with one attached hydrogen (secondary N) is 1. The van der Waals surface area contributed by atoms with E-state index < -0.39 is 4.92 Å². The molecule has 0 aliphatic heterocycles. The first-order valence-corrected chi connectivity index (χ1v) is 7.10. The van der Waals surface area contributed by atoms with Gasteiger partial charge in [0.15, 0.2) is 0 Å². The molecule has 2 N–H and O–H groups in total. The van der Waals surface area contributed by atoms with Crippen molar-refractivity contribution in [2.24, 2.45) is 5.41 Å². The molecule has 7 heteroatoms. The lowest BCUT2D eigenvalue weighted by molar-refractivity contribution is -0.385. The maximum absolute atomic E-state index is 12.1. The standard InChI is InChI=1S/C13H15BrN2O4/c14-11-9(2-1-3-10(11)16(19)20)12(18)15-8-13(4-5-13)6-7-17/h1-3,17H,4-8H2,(H,15,18). The van der Waals surface area contributed by atoms with Gasteiger partial charge in [-0.1, -0.05) is 6.07 Å². The van der Waals surface area contributed by atoms with E-state index in [0.717, 1.165) is 12.8 Å². The average Bonchev–Trinajstić information content (AvgIpc) is 3.17. The molecule has 1 aliphatic carbocycles. The summed E-state index contributed by atoms with van der Waals surface area (Å²) in [4.78, 5) is 22.4. The van der Waals surface area contributed by atoms with E-state index in [1.165, 1.54) is 18.2 Å². The van der Waals surface area contributed by atoms with Gasteiger partial charge < -0.3 is 10.4 Å². The number of aliphatic hydroxyl groups excluding tert-OH is 1. The highest BCUT2D eigenvalue weighted by molar-refractivity contribution is 9.10. The number of nitro groups is 1. The van der Waals surface area contributed by atoms with Gasteiger partial charge in [-0.25, -0.2) is 0 Å².